The highest BCUT2D eigenvalue weighted by molar-refractivity contribution is 5.99. The number of carbonyl (C=O) groups excluding carboxylic acids is 1. The molecule has 1 aromatic heterocycles. The maximum atomic E-state index is 12.4. The van der Waals surface area contributed by atoms with Crippen molar-refractivity contribution in [3.8, 4) is 0 Å². The summed E-state index contributed by atoms with van der Waals surface area (Å²) in [6, 6.07) is 1.77. The second-order valence-electron chi connectivity index (χ2n) is 4.84. The monoisotopic (exact) mass is 264 g/mol. The summed E-state index contributed by atoms with van der Waals surface area (Å²) >= 11 is 0. The van der Waals surface area contributed by atoms with E-state index in [2.05, 4.69) is 15.2 Å². The third kappa shape index (κ3) is 4.87. The molecule has 0 radical (unpaired) electrons. The molecule has 0 bridgehead atoms. The summed E-state index contributed by atoms with van der Waals surface area (Å²) in [7, 11) is 5.91. The van der Waals surface area contributed by atoms with Crippen molar-refractivity contribution in [2.24, 2.45) is 0 Å². The Bertz CT molecular complexity index is 406. The molecule has 0 aliphatic carbocycles. The van der Waals surface area contributed by atoms with Gasteiger partial charge in [-0.1, -0.05) is 0 Å². The van der Waals surface area contributed by atoms with Crippen LogP contribution in [-0.2, 0) is 0 Å². The number of rotatable bonds is 7. The smallest absolute Gasteiger partial charge is 0.255 e. The van der Waals surface area contributed by atoms with Crippen LogP contribution in [0.2, 0.25) is 0 Å². The molecule has 0 fully saturated rings. The largest absolute Gasteiger partial charge is 0.383 e. The molecule has 1 rings (SSSR count). The Morgan fingerprint density at radius 1 is 1.32 bits per heavy atom. The zero-order chi connectivity index (χ0) is 14.3. The highest BCUT2D eigenvalue weighted by Crippen LogP contribution is 2.15. The van der Waals surface area contributed by atoms with Gasteiger partial charge in [-0.15, -0.1) is 0 Å². The first-order chi connectivity index (χ1) is 9.06. The standard InChI is InChI=1S/C14H24N4O/c1-5-16-13-11-15-8-7-12(13)14(19)18(4)10-6-9-17(2)3/h7-8,11,16H,5-6,9-10H2,1-4H3. The van der Waals surface area contributed by atoms with E-state index in [1.807, 2.05) is 28.1 Å². The van der Waals surface area contributed by atoms with Gasteiger partial charge in [0.05, 0.1) is 17.4 Å². The lowest BCUT2D eigenvalue weighted by Crippen LogP contribution is -2.30. The van der Waals surface area contributed by atoms with Gasteiger partial charge in [0.2, 0.25) is 0 Å². The van der Waals surface area contributed by atoms with Crippen molar-refractivity contribution in [1.29, 1.82) is 0 Å². The molecular weight excluding hydrogens is 240 g/mol. The third-order valence-electron chi connectivity index (χ3n) is 2.86. The van der Waals surface area contributed by atoms with E-state index in [0.717, 1.165) is 31.7 Å². The lowest BCUT2D eigenvalue weighted by molar-refractivity contribution is 0.0791. The molecule has 0 saturated carbocycles. The van der Waals surface area contributed by atoms with Crippen LogP contribution in [0.5, 0.6) is 0 Å². The maximum absolute atomic E-state index is 12.4. The van der Waals surface area contributed by atoms with Gasteiger partial charge in [0.1, 0.15) is 0 Å². The van der Waals surface area contributed by atoms with E-state index in [0.29, 0.717) is 5.56 Å². The number of hydrogen-bond acceptors (Lipinski definition) is 4. The lowest BCUT2D eigenvalue weighted by Gasteiger charge is -2.20. The van der Waals surface area contributed by atoms with Crippen molar-refractivity contribution in [2.45, 2.75) is 13.3 Å². The van der Waals surface area contributed by atoms with E-state index in [9.17, 15) is 4.79 Å². The van der Waals surface area contributed by atoms with Crippen LogP contribution >= 0.6 is 0 Å². The zero-order valence-corrected chi connectivity index (χ0v) is 12.3. The molecule has 5 nitrogen and oxygen atoms in total. The van der Waals surface area contributed by atoms with E-state index < -0.39 is 0 Å². The Morgan fingerprint density at radius 2 is 2.05 bits per heavy atom. The molecule has 0 spiro atoms. The number of pyridine rings is 1. The molecule has 0 unspecified atom stereocenters. The number of nitrogens with one attached hydrogen (secondary N) is 1. The molecule has 1 heterocycles. The molecular formula is C14H24N4O. The summed E-state index contributed by atoms with van der Waals surface area (Å²) in [4.78, 5) is 20.3. The second kappa shape index (κ2) is 7.74. The first-order valence-corrected chi connectivity index (χ1v) is 6.64. The summed E-state index contributed by atoms with van der Waals surface area (Å²) in [5.74, 6) is 0.0390. The van der Waals surface area contributed by atoms with Gasteiger partial charge in [-0.2, -0.15) is 0 Å². The third-order valence-corrected chi connectivity index (χ3v) is 2.86. The van der Waals surface area contributed by atoms with Crippen molar-refractivity contribution >= 4 is 11.6 Å². The van der Waals surface area contributed by atoms with Gasteiger partial charge in [-0.3, -0.25) is 9.78 Å². The minimum Gasteiger partial charge on any atom is -0.383 e. The number of carbonyl (C=O) groups is 1. The van der Waals surface area contributed by atoms with Crippen molar-refractivity contribution in [1.82, 2.24) is 14.8 Å². The van der Waals surface area contributed by atoms with Crippen LogP contribution in [0.4, 0.5) is 5.69 Å². The maximum Gasteiger partial charge on any atom is 0.255 e. The van der Waals surface area contributed by atoms with Gasteiger partial charge in [-0.25, -0.2) is 0 Å². The average Bonchev–Trinajstić information content (AvgIpc) is 2.38. The van der Waals surface area contributed by atoms with Crippen LogP contribution in [0.15, 0.2) is 18.5 Å². The van der Waals surface area contributed by atoms with Crippen molar-refractivity contribution < 1.29 is 4.79 Å². The Balaban J connectivity index is 2.65. The van der Waals surface area contributed by atoms with Gasteiger partial charge >= 0.3 is 0 Å². The molecule has 19 heavy (non-hydrogen) atoms. The molecule has 1 aromatic rings. The van der Waals surface area contributed by atoms with E-state index in [4.69, 9.17) is 0 Å². The molecule has 5 heteroatoms. The summed E-state index contributed by atoms with van der Waals surface area (Å²) in [5, 5.41) is 3.17. The average molecular weight is 264 g/mol. The quantitative estimate of drug-likeness (QED) is 0.811. The summed E-state index contributed by atoms with van der Waals surface area (Å²) in [6.45, 7) is 4.51. The fraction of sp³-hybridized carbons (Fsp3) is 0.571. The second-order valence-corrected chi connectivity index (χ2v) is 4.84. The molecule has 0 aromatic carbocycles. The van der Waals surface area contributed by atoms with Crippen LogP contribution in [0.1, 0.15) is 23.7 Å². The van der Waals surface area contributed by atoms with Gasteiger partial charge < -0.3 is 15.1 Å². The van der Waals surface area contributed by atoms with Crippen LogP contribution in [0.3, 0.4) is 0 Å². The number of anilines is 1. The molecule has 1 amide bonds. The predicted octanol–water partition coefficient (Wildman–Crippen LogP) is 1.54. The van der Waals surface area contributed by atoms with Crippen LogP contribution in [0, 0.1) is 0 Å². The summed E-state index contributed by atoms with van der Waals surface area (Å²) < 4.78 is 0. The summed E-state index contributed by atoms with van der Waals surface area (Å²) in [5.41, 5.74) is 1.48. The molecule has 0 aliphatic rings. The van der Waals surface area contributed by atoms with Gasteiger partial charge in [-0.05, 0) is 40.1 Å². The molecule has 106 valence electrons. The van der Waals surface area contributed by atoms with Crippen LogP contribution in [-0.4, -0.2) is 61.5 Å². The van der Waals surface area contributed by atoms with Crippen molar-refractivity contribution in [3.63, 3.8) is 0 Å². The minimum atomic E-state index is 0.0390. The zero-order valence-electron chi connectivity index (χ0n) is 12.3. The highest BCUT2D eigenvalue weighted by atomic mass is 16.2. The number of hydrogen-bond donors (Lipinski definition) is 1. The van der Waals surface area contributed by atoms with Crippen LogP contribution in [0.25, 0.3) is 0 Å². The topological polar surface area (TPSA) is 48.5 Å². The predicted molar refractivity (Wildman–Crippen MR) is 78.5 cm³/mol. The van der Waals surface area contributed by atoms with Gasteiger partial charge in [0.25, 0.3) is 5.91 Å². The number of aromatic nitrogens is 1. The van der Waals surface area contributed by atoms with Gasteiger partial charge in [0.15, 0.2) is 0 Å². The van der Waals surface area contributed by atoms with E-state index in [-0.39, 0.29) is 5.91 Å². The van der Waals surface area contributed by atoms with E-state index in [1.165, 1.54) is 0 Å². The minimum absolute atomic E-state index is 0.0390. The molecule has 1 N–H and O–H groups in total. The Kier molecular flexibility index (Phi) is 6.29. The van der Waals surface area contributed by atoms with Gasteiger partial charge in [0, 0.05) is 26.3 Å². The SMILES string of the molecule is CCNc1cnccc1C(=O)N(C)CCCN(C)C. The first kappa shape index (κ1) is 15.4. The van der Waals surface area contributed by atoms with Crippen molar-refractivity contribution in [3.05, 3.63) is 24.0 Å². The molecule has 0 atom stereocenters. The fourth-order valence-corrected chi connectivity index (χ4v) is 1.84. The lowest BCUT2D eigenvalue weighted by atomic mass is 10.2. The normalized spacial score (nSPS) is 10.6. The summed E-state index contributed by atoms with van der Waals surface area (Å²) in [6.07, 6.45) is 4.32. The van der Waals surface area contributed by atoms with Crippen molar-refractivity contribution in [2.75, 3.05) is 46.1 Å². The fourth-order valence-electron chi connectivity index (χ4n) is 1.84. The number of amides is 1. The van der Waals surface area contributed by atoms with Crippen LogP contribution < -0.4 is 5.32 Å². The van der Waals surface area contributed by atoms with E-state index >= 15 is 0 Å². The Labute approximate surface area is 115 Å². The molecule has 0 aliphatic heterocycles. The Hall–Kier alpha value is -1.62. The van der Waals surface area contributed by atoms with E-state index in [1.54, 1.807) is 23.4 Å². The Morgan fingerprint density at radius 3 is 2.68 bits per heavy atom. The molecule has 0 saturated heterocycles. The first-order valence-electron chi connectivity index (χ1n) is 6.64. The number of nitrogens with zero attached hydrogens (tertiary/aromatic N) is 3. The highest BCUT2D eigenvalue weighted by Gasteiger charge is 2.15.